The predicted octanol–water partition coefficient (Wildman–Crippen LogP) is 0.190. The van der Waals surface area contributed by atoms with E-state index in [1.807, 2.05) is 7.05 Å². The molecule has 0 aromatic carbocycles. The second-order valence-electron chi connectivity index (χ2n) is 6.30. The Morgan fingerprint density at radius 3 is 2.57 bits per heavy atom. The van der Waals surface area contributed by atoms with Crippen LogP contribution in [0.15, 0.2) is 0 Å². The van der Waals surface area contributed by atoms with Crippen LogP contribution >= 0.6 is 0 Å². The van der Waals surface area contributed by atoms with Gasteiger partial charge in [0.15, 0.2) is 0 Å². The van der Waals surface area contributed by atoms with Gasteiger partial charge < -0.3 is 10.2 Å². The molecule has 2 aliphatic heterocycles. The molecular weight excluding hydrogens is 288 g/mol. The van der Waals surface area contributed by atoms with E-state index in [4.69, 9.17) is 0 Å². The Labute approximate surface area is 129 Å². The monoisotopic (exact) mass is 318 g/mol. The van der Waals surface area contributed by atoms with Gasteiger partial charge in [0.25, 0.3) is 10.2 Å². The predicted molar refractivity (Wildman–Crippen MR) is 85.4 cm³/mol. The Balaban J connectivity index is 1.86. The van der Waals surface area contributed by atoms with E-state index in [-0.39, 0.29) is 0 Å². The van der Waals surface area contributed by atoms with Crippen molar-refractivity contribution in [2.24, 2.45) is 5.92 Å². The van der Waals surface area contributed by atoms with Crippen molar-refractivity contribution in [1.82, 2.24) is 18.8 Å². The van der Waals surface area contributed by atoms with Crippen molar-refractivity contribution in [1.29, 1.82) is 0 Å². The van der Waals surface area contributed by atoms with E-state index < -0.39 is 10.2 Å². The summed E-state index contributed by atoms with van der Waals surface area (Å²) in [7, 11) is 0.349. The first-order valence-corrected chi connectivity index (χ1v) is 9.52. The molecule has 6 nitrogen and oxygen atoms in total. The van der Waals surface area contributed by atoms with Crippen LogP contribution < -0.4 is 5.32 Å². The lowest BCUT2D eigenvalue weighted by atomic mass is 10.00. The number of hydrogen-bond donors (Lipinski definition) is 1. The number of rotatable bonds is 7. The molecule has 0 aromatic heterocycles. The molecule has 2 saturated heterocycles. The van der Waals surface area contributed by atoms with Crippen molar-refractivity contribution in [3.05, 3.63) is 0 Å². The lowest BCUT2D eigenvalue weighted by Crippen LogP contribution is -2.49. The Kier molecular flexibility index (Phi) is 6.43. The van der Waals surface area contributed by atoms with Gasteiger partial charge in [-0.2, -0.15) is 17.0 Å². The summed E-state index contributed by atoms with van der Waals surface area (Å²) in [6.45, 7) is 5.88. The lowest BCUT2D eigenvalue weighted by Gasteiger charge is -2.34. The molecule has 0 radical (unpaired) electrons. The largest absolute Gasteiger partial charge is 0.319 e. The number of likely N-dealkylation sites (tertiary alicyclic amines) is 1. The smallest absolute Gasteiger partial charge is 0.281 e. The SMILES string of the molecule is CNCC1CCCN(S(=O)(=O)N(C)CCN2CCCC2)C1. The van der Waals surface area contributed by atoms with Crippen molar-refractivity contribution in [2.45, 2.75) is 25.7 Å². The van der Waals surface area contributed by atoms with Gasteiger partial charge in [0, 0.05) is 33.2 Å². The topological polar surface area (TPSA) is 55.9 Å². The van der Waals surface area contributed by atoms with E-state index in [1.54, 1.807) is 11.4 Å². The molecule has 7 heteroatoms. The zero-order chi connectivity index (χ0) is 15.3. The van der Waals surface area contributed by atoms with Crippen molar-refractivity contribution in [3.8, 4) is 0 Å². The summed E-state index contributed by atoms with van der Waals surface area (Å²) in [4.78, 5) is 2.35. The fourth-order valence-corrected chi connectivity index (χ4v) is 4.76. The van der Waals surface area contributed by atoms with Gasteiger partial charge >= 0.3 is 0 Å². The van der Waals surface area contributed by atoms with Gasteiger partial charge in [-0.3, -0.25) is 0 Å². The summed E-state index contributed by atoms with van der Waals surface area (Å²) in [6, 6.07) is 0. The van der Waals surface area contributed by atoms with E-state index in [9.17, 15) is 8.42 Å². The molecule has 0 aromatic rings. The highest BCUT2D eigenvalue weighted by Gasteiger charge is 2.31. The molecule has 0 saturated carbocycles. The van der Waals surface area contributed by atoms with Crippen LogP contribution in [0, 0.1) is 5.92 Å². The van der Waals surface area contributed by atoms with Crippen molar-refractivity contribution < 1.29 is 8.42 Å². The van der Waals surface area contributed by atoms with Crippen LogP contribution in [0.3, 0.4) is 0 Å². The average Bonchev–Trinajstić information content (AvgIpc) is 2.98. The Morgan fingerprint density at radius 2 is 1.90 bits per heavy atom. The van der Waals surface area contributed by atoms with Gasteiger partial charge in [-0.25, -0.2) is 0 Å². The van der Waals surface area contributed by atoms with Crippen molar-refractivity contribution >= 4 is 10.2 Å². The summed E-state index contributed by atoms with van der Waals surface area (Å²) >= 11 is 0. The normalized spacial score (nSPS) is 25.8. The van der Waals surface area contributed by atoms with Gasteiger partial charge in [-0.1, -0.05) is 0 Å². The molecule has 0 aliphatic carbocycles. The second kappa shape index (κ2) is 7.87. The Hall–Kier alpha value is -0.210. The van der Waals surface area contributed by atoms with E-state index in [1.165, 1.54) is 17.1 Å². The summed E-state index contributed by atoms with van der Waals surface area (Å²) in [5.74, 6) is 0.436. The first-order valence-electron chi connectivity index (χ1n) is 8.12. The van der Waals surface area contributed by atoms with Gasteiger partial charge in [-0.15, -0.1) is 0 Å². The number of nitrogens with one attached hydrogen (secondary N) is 1. The highest BCUT2D eigenvalue weighted by molar-refractivity contribution is 7.86. The molecule has 0 bridgehead atoms. The molecule has 21 heavy (non-hydrogen) atoms. The Morgan fingerprint density at radius 1 is 1.19 bits per heavy atom. The maximum Gasteiger partial charge on any atom is 0.281 e. The standard InChI is InChI=1S/C14H30N4O2S/c1-15-12-14-6-5-9-18(13-14)21(19,20)16(2)10-11-17-7-3-4-8-17/h14-15H,3-13H2,1-2H3. The first kappa shape index (κ1) is 17.1. The van der Waals surface area contributed by atoms with Crippen molar-refractivity contribution in [2.75, 3.05) is 59.9 Å². The molecule has 1 atom stereocenters. The number of nitrogens with zero attached hydrogens (tertiary/aromatic N) is 3. The van der Waals surface area contributed by atoms with Crippen molar-refractivity contribution in [3.63, 3.8) is 0 Å². The zero-order valence-electron chi connectivity index (χ0n) is 13.4. The van der Waals surface area contributed by atoms with Gasteiger partial charge in [0.05, 0.1) is 0 Å². The summed E-state index contributed by atoms with van der Waals surface area (Å²) in [5.41, 5.74) is 0. The van der Waals surface area contributed by atoms with Crippen LogP contribution in [0.25, 0.3) is 0 Å². The van der Waals surface area contributed by atoms with E-state index in [2.05, 4.69) is 10.2 Å². The van der Waals surface area contributed by atoms with E-state index in [0.717, 1.165) is 39.0 Å². The number of likely N-dealkylation sites (N-methyl/N-ethyl adjacent to an activating group) is 1. The second-order valence-corrected chi connectivity index (χ2v) is 8.34. The summed E-state index contributed by atoms with van der Waals surface area (Å²) in [5, 5.41) is 3.16. The van der Waals surface area contributed by atoms with Crippen LogP contribution in [0.5, 0.6) is 0 Å². The average molecular weight is 318 g/mol. The van der Waals surface area contributed by atoms with E-state index in [0.29, 0.717) is 25.6 Å². The van der Waals surface area contributed by atoms with Gasteiger partial charge in [0.2, 0.25) is 0 Å². The van der Waals surface area contributed by atoms with Crippen LogP contribution in [-0.2, 0) is 10.2 Å². The molecule has 1 unspecified atom stereocenters. The van der Waals surface area contributed by atoms with Crippen LogP contribution in [0.2, 0.25) is 0 Å². The maximum absolute atomic E-state index is 12.7. The zero-order valence-corrected chi connectivity index (χ0v) is 14.2. The fourth-order valence-electron chi connectivity index (χ4n) is 3.29. The summed E-state index contributed by atoms with van der Waals surface area (Å²) in [6.07, 6.45) is 4.57. The minimum Gasteiger partial charge on any atom is -0.319 e. The minimum atomic E-state index is -3.29. The highest BCUT2D eigenvalue weighted by atomic mass is 32.2. The molecular formula is C14H30N4O2S. The first-order chi connectivity index (χ1) is 10.0. The molecule has 124 valence electrons. The third kappa shape index (κ3) is 4.63. The molecule has 2 aliphatic rings. The third-order valence-corrected chi connectivity index (χ3v) is 6.58. The molecule has 2 heterocycles. The maximum atomic E-state index is 12.7. The quantitative estimate of drug-likeness (QED) is 0.728. The molecule has 0 amide bonds. The Bertz CT molecular complexity index is 407. The van der Waals surface area contributed by atoms with Crippen LogP contribution in [-0.4, -0.2) is 81.8 Å². The molecule has 1 N–H and O–H groups in total. The minimum absolute atomic E-state index is 0.436. The fraction of sp³-hybridized carbons (Fsp3) is 1.00. The summed E-state index contributed by atoms with van der Waals surface area (Å²) < 4.78 is 28.5. The van der Waals surface area contributed by atoms with Gasteiger partial charge in [-0.05, 0) is 58.3 Å². The van der Waals surface area contributed by atoms with Gasteiger partial charge in [0.1, 0.15) is 0 Å². The lowest BCUT2D eigenvalue weighted by molar-refractivity contribution is 0.243. The van der Waals surface area contributed by atoms with Crippen LogP contribution in [0.4, 0.5) is 0 Å². The number of piperidine rings is 1. The van der Waals surface area contributed by atoms with E-state index >= 15 is 0 Å². The molecule has 0 spiro atoms. The highest BCUT2D eigenvalue weighted by Crippen LogP contribution is 2.20. The molecule has 2 fully saturated rings. The molecule has 2 rings (SSSR count). The third-order valence-electron chi connectivity index (χ3n) is 4.62. The number of hydrogen-bond acceptors (Lipinski definition) is 4. The van der Waals surface area contributed by atoms with Crippen LogP contribution in [0.1, 0.15) is 25.7 Å².